The van der Waals surface area contributed by atoms with E-state index in [0.29, 0.717) is 24.1 Å². The van der Waals surface area contributed by atoms with E-state index < -0.39 is 18.6 Å². The Kier molecular flexibility index (Phi) is 9.12. The summed E-state index contributed by atoms with van der Waals surface area (Å²) in [7, 11) is 0. The minimum absolute atomic E-state index is 0.00702. The van der Waals surface area contributed by atoms with Crippen LogP contribution in [0.2, 0.25) is 0 Å². The standard InChI is InChI=1S/C27H31F2NO4/c1-19(30-15-26(33)22-10-11-25(32)23(14-22)16-31)12-20-6-5-7-21(13-20)17-34-18-27(28,29)24-8-3-2-4-9-24/h2-11,13-14,19,26,30-33H,12,15-18H2,1H3/t19-,26-/m0/s1. The molecule has 0 saturated heterocycles. The highest BCUT2D eigenvalue weighted by molar-refractivity contribution is 5.36. The predicted octanol–water partition coefficient (Wildman–Crippen LogP) is 4.45. The van der Waals surface area contributed by atoms with E-state index in [0.717, 1.165) is 11.1 Å². The summed E-state index contributed by atoms with van der Waals surface area (Å²) in [5.74, 6) is -3.06. The van der Waals surface area contributed by atoms with Crippen molar-refractivity contribution in [2.45, 2.75) is 44.6 Å². The molecule has 182 valence electrons. The van der Waals surface area contributed by atoms with E-state index >= 15 is 0 Å². The minimum atomic E-state index is -3.05. The molecule has 0 aliphatic carbocycles. The lowest BCUT2D eigenvalue weighted by atomic mass is 10.0. The van der Waals surface area contributed by atoms with Gasteiger partial charge < -0.3 is 25.4 Å². The van der Waals surface area contributed by atoms with Gasteiger partial charge in [-0.2, -0.15) is 8.78 Å². The lowest BCUT2D eigenvalue weighted by Gasteiger charge is -2.19. The van der Waals surface area contributed by atoms with Gasteiger partial charge in [0.1, 0.15) is 12.4 Å². The summed E-state index contributed by atoms with van der Waals surface area (Å²) >= 11 is 0. The second-order valence-electron chi connectivity index (χ2n) is 8.46. The van der Waals surface area contributed by atoms with E-state index in [1.807, 2.05) is 31.2 Å². The van der Waals surface area contributed by atoms with Crippen LogP contribution < -0.4 is 5.32 Å². The molecule has 0 saturated carbocycles. The average molecular weight is 472 g/mol. The molecule has 0 bridgehead atoms. The third-order valence-electron chi connectivity index (χ3n) is 5.60. The lowest BCUT2D eigenvalue weighted by Crippen LogP contribution is -2.32. The van der Waals surface area contributed by atoms with Gasteiger partial charge in [0.05, 0.1) is 19.3 Å². The molecule has 0 aliphatic heterocycles. The second kappa shape index (κ2) is 12.0. The maximum Gasteiger partial charge on any atom is 0.296 e. The topological polar surface area (TPSA) is 82.0 Å². The van der Waals surface area contributed by atoms with Crippen LogP contribution in [0.25, 0.3) is 0 Å². The summed E-state index contributed by atoms with van der Waals surface area (Å²) in [5.41, 5.74) is 2.75. The van der Waals surface area contributed by atoms with Gasteiger partial charge in [-0.15, -0.1) is 0 Å². The van der Waals surface area contributed by atoms with Crippen LogP contribution in [0.15, 0.2) is 72.8 Å². The summed E-state index contributed by atoms with van der Waals surface area (Å²) in [6, 6.07) is 20.0. The van der Waals surface area contributed by atoms with Gasteiger partial charge in [0.15, 0.2) is 0 Å². The number of halogens is 2. The molecular formula is C27H31F2NO4. The first-order valence-electron chi connectivity index (χ1n) is 11.2. The molecule has 5 nitrogen and oxygen atoms in total. The maximum absolute atomic E-state index is 14.3. The number of ether oxygens (including phenoxy) is 1. The van der Waals surface area contributed by atoms with E-state index in [1.165, 1.54) is 18.2 Å². The minimum Gasteiger partial charge on any atom is -0.508 e. The Balaban J connectivity index is 1.48. The summed E-state index contributed by atoms with van der Waals surface area (Å²) in [6.07, 6.45) is -0.113. The lowest BCUT2D eigenvalue weighted by molar-refractivity contribution is -0.0873. The summed E-state index contributed by atoms with van der Waals surface area (Å²) in [4.78, 5) is 0. The van der Waals surface area contributed by atoms with Crippen molar-refractivity contribution < 1.29 is 28.8 Å². The molecule has 2 atom stereocenters. The molecule has 0 aliphatic rings. The fourth-order valence-electron chi connectivity index (χ4n) is 3.70. The molecule has 3 aromatic carbocycles. The van der Waals surface area contributed by atoms with Crippen LogP contribution in [-0.2, 0) is 30.3 Å². The van der Waals surface area contributed by atoms with Gasteiger partial charge in [0.25, 0.3) is 5.92 Å². The SMILES string of the molecule is C[C@@H](Cc1cccc(COCC(F)(F)c2ccccc2)c1)NC[C@H](O)c1ccc(O)c(CO)c1. The van der Waals surface area contributed by atoms with Crippen LogP contribution in [0.4, 0.5) is 8.78 Å². The Morgan fingerprint density at radius 1 is 0.971 bits per heavy atom. The first-order valence-corrected chi connectivity index (χ1v) is 11.2. The van der Waals surface area contributed by atoms with Crippen LogP contribution in [0, 0.1) is 0 Å². The quantitative estimate of drug-likeness (QED) is 0.314. The molecule has 3 rings (SSSR count). The molecular weight excluding hydrogens is 440 g/mol. The van der Waals surface area contributed by atoms with Gasteiger partial charge in [-0.25, -0.2) is 0 Å². The molecule has 0 fully saturated rings. The number of alkyl halides is 2. The van der Waals surface area contributed by atoms with Gasteiger partial charge in [-0.1, -0.05) is 60.7 Å². The normalized spacial score (nSPS) is 13.6. The summed E-state index contributed by atoms with van der Waals surface area (Å²) in [5, 5.41) is 32.6. The Bertz CT molecular complexity index is 1050. The van der Waals surface area contributed by atoms with Gasteiger partial charge in [0.2, 0.25) is 0 Å². The third-order valence-corrected chi connectivity index (χ3v) is 5.60. The molecule has 0 amide bonds. The van der Waals surface area contributed by atoms with Crippen LogP contribution in [0.3, 0.4) is 0 Å². The number of phenols is 1. The largest absolute Gasteiger partial charge is 0.508 e. The fourth-order valence-corrected chi connectivity index (χ4v) is 3.70. The van der Waals surface area contributed by atoms with Crippen LogP contribution in [-0.4, -0.2) is 34.5 Å². The highest BCUT2D eigenvalue weighted by atomic mass is 19.3. The average Bonchev–Trinajstić information content (AvgIpc) is 2.83. The molecule has 0 spiro atoms. The predicted molar refractivity (Wildman–Crippen MR) is 127 cm³/mol. The van der Waals surface area contributed by atoms with Crippen molar-refractivity contribution in [3.63, 3.8) is 0 Å². The van der Waals surface area contributed by atoms with E-state index in [-0.39, 0.29) is 30.6 Å². The molecule has 0 heterocycles. The van der Waals surface area contributed by atoms with Gasteiger partial charge in [0, 0.05) is 23.7 Å². The van der Waals surface area contributed by atoms with E-state index in [2.05, 4.69) is 5.32 Å². The smallest absolute Gasteiger partial charge is 0.296 e. The molecule has 3 aromatic rings. The highest BCUT2D eigenvalue weighted by Gasteiger charge is 2.31. The van der Waals surface area contributed by atoms with Gasteiger partial charge in [-0.05, 0) is 42.2 Å². The van der Waals surface area contributed by atoms with Crippen LogP contribution in [0.5, 0.6) is 5.75 Å². The van der Waals surface area contributed by atoms with Crippen molar-refractivity contribution >= 4 is 0 Å². The van der Waals surface area contributed by atoms with E-state index in [1.54, 1.807) is 30.3 Å². The Morgan fingerprint density at radius 2 is 1.71 bits per heavy atom. The number of aliphatic hydroxyl groups excluding tert-OH is 2. The molecule has 34 heavy (non-hydrogen) atoms. The Hall–Kier alpha value is -2.84. The number of aliphatic hydroxyl groups is 2. The second-order valence-corrected chi connectivity index (χ2v) is 8.46. The Labute approximate surface area is 198 Å². The van der Waals surface area contributed by atoms with E-state index in [4.69, 9.17) is 4.74 Å². The zero-order valence-electron chi connectivity index (χ0n) is 19.1. The van der Waals surface area contributed by atoms with Crippen molar-refractivity contribution in [1.29, 1.82) is 0 Å². The zero-order chi connectivity index (χ0) is 24.6. The molecule has 0 aromatic heterocycles. The number of aromatic hydroxyl groups is 1. The molecule has 4 N–H and O–H groups in total. The summed E-state index contributed by atoms with van der Waals surface area (Å²) in [6.45, 7) is 1.39. The van der Waals surface area contributed by atoms with Gasteiger partial charge >= 0.3 is 0 Å². The summed E-state index contributed by atoms with van der Waals surface area (Å²) < 4.78 is 33.9. The van der Waals surface area contributed by atoms with E-state index in [9.17, 15) is 24.1 Å². The third kappa shape index (κ3) is 7.33. The molecule has 7 heteroatoms. The zero-order valence-corrected chi connectivity index (χ0v) is 19.1. The number of hydrogen-bond donors (Lipinski definition) is 4. The van der Waals surface area contributed by atoms with Crippen molar-refractivity contribution in [1.82, 2.24) is 5.32 Å². The fraction of sp³-hybridized carbons (Fsp3) is 0.333. The van der Waals surface area contributed by atoms with Crippen molar-refractivity contribution in [3.05, 3.63) is 101 Å². The first-order chi connectivity index (χ1) is 16.3. The van der Waals surface area contributed by atoms with Crippen molar-refractivity contribution in [3.8, 4) is 5.75 Å². The monoisotopic (exact) mass is 471 g/mol. The molecule has 0 radical (unpaired) electrons. The number of benzene rings is 3. The van der Waals surface area contributed by atoms with Crippen LogP contribution in [0.1, 0.15) is 40.8 Å². The van der Waals surface area contributed by atoms with Crippen molar-refractivity contribution in [2.75, 3.05) is 13.2 Å². The maximum atomic E-state index is 14.3. The van der Waals surface area contributed by atoms with Crippen LogP contribution >= 0.6 is 0 Å². The number of nitrogens with one attached hydrogen (secondary N) is 1. The molecule has 0 unspecified atom stereocenters. The van der Waals surface area contributed by atoms with Crippen molar-refractivity contribution in [2.24, 2.45) is 0 Å². The first kappa shape index (κ1) is 25.8. The van der Waals surface area contributed by atoms with Gasteiger partial charge in [-0.3, -0.25) is 0 Å². The number of rotatable bonds is 12. The Morgan fingerprint density at radius 3 is 2.44 bits per heavy atom. The number of hydrogen-bond acceptors (Lipinski definition) is 5. The highest BCUT2D eigenvalue weighted by Crippen LogP contribution is 2.28.